The molecule has 0 spiro atoms. The fraction of sp³-hybridized carbons (Fsp3) is 0. The summed E-state index contributed by atoms with van der Waals surface area (Å²) in [5.74, 6) is -0.00851. The summed E-state index contributed by atoms with van der Waals surface area (Å²) in [6, 6.07) is 27.7. The third-order valence-electron chi connectivity index (χ3n) is 4.06. The Labute approximate surface area is 134 Å². The zero-order valence-electron chi connectivity index (χ0n) is 12.5. The molecule has 1 aromatic heterocycles. The van der Waals surface area contributed by atoms with Crippen molar-refractivity contribution in [2.45, 2.75) is 0 Å². The van der Waals surface area contributed by atoms with Gasteiger partial charge in [0.25, 0.3) is 5.91 Å². The van der Waals surface area contributed by atoms with Crippen LogP contribution in [0.2, 0.25) is 0 Å². The largest absolute Gasteiger partial charge is 0.283 e. The van der Waals surface area contributed by atoms with Crippen molar-refractivity contribution in [1.29, 1.82) is 0 Å². The van der Waals surface area contributed by atoms with Crippen LogP contribution in [0.1, 0.15) is 10.4 Å². The van der Waals surface area contributed by atoms with E-state index in [1.165, 1.54) is 0 Å². The lowest BCUT2D eigenvalue weighted by Gasteiger charge is -2.07. The van der Waals surface area contributed by atoms with Gasteiger partial charge in [-0.3, -0.25) is 9.36 Å². The maximum atomic E-state index is 12.7. The van der Waals surface area contributed by atoms with Crippen LogP contribution in [0.3, 0.4) is 0 Å². The highest BCUT2D eigenvalue weighted by Crippen LogP contribution is 2.29. The number of benzene rings is 3. The highest BCUT2D eigenvalue weighted by atomic mass is 16.2. The van der Waals surface area contributed by atoms with Gasteiger partial charge in [-0.2, -0.15) is 0 Å². The molecule has 0 aliphatic carbocycles. The van der Waals surface area contributed by atoms with E-state index in [4.69, 9.17) is 0 Å². The second kappa shape index (κ2) is 5.58. The van der Waals surface area contributed by atoms with Gasteiger partial charge in [0.2, 0.25) is 0 Å². The zero-order chi connectivity index (χ0) is 15.6. The van der Waals surface area contributed by atoms with Gasteiger partial charge < -0.3 is 0 Å². The monoisotopic (exact) mass is 297 g/mol. The van der Waals surface area contributed by atoms with Gasteiger partial charge in [-0.15, -0.1) is 0 Å². The maximum absolute atomic E-state index is 12.7. The Balaban J connectivity index is 1.87. The van der Waals surface area contributed by atoms with Crippen molar-refractivity contribution in [3.8, 4) is 11.1 Å². The average Bonchev–Trinajstić information content (AvgIpc) is 3.06. The quantitative estimate of drug-likeness (QED) is 0.510. The van der Waals surface area contributed by atoms with Crippen LogP contribution in [0.25, 0.3) is 22.0 Å². The van der Waals surface area contributed by atoms with E-state index in [9.17, 15) is 4.79 Å². The number of hydrogen-bond acceptors (Lipinski definition) is 1. The molecule has 4 aromatic rings. The van der Waals surface area contributed by atoms with E-state index in [1.54, 1.807) is 4.57 Å². The third-order valence-corrected chi connectivity index (χ3v) is 4.06. The molecule has 0 fully saturated rings. The van der Waals surface area contributed by atoms with Gasteiger partial charge in [-0.05, 0) is 35.4 Å². The van der Waals surface area contributed by atoms with Gasteiger partial charge in [0.1, 0.15) is 0 Å². The van der Waals surface area contributed by atoms with Crippen LogP contribution in [0.5, 0.6) is 0 Å². The highest BCUT2D eigenvalue weighted by molar-refractivity contribution is 6.05. The van der Waals surface area contributed by atoms with E-state index in [0.717, 1.165) is 22.0 Å². The first-order valence-corrected chi connectivity index (χ1v) is 7.60. The molecule has 4 rings (SSSR count). The van der Waals surface area contributed by atoms with Crippen molar-refractivity contribution < 1.29 is 4.79 Å². The fourth-order valence-electron chi connectivity index (χ4n) is 2.93. The Bertz CT molecular complexity index is 969. The molecular weight excluding hydrogens is 282 g/mol. The van der Waals surface area contributed by atoms with Gasteiger partial charge in [-0.1, -0.05) is 60.7 Å². The van der Waals surface area contributed by atoms with E-state index in [-0.39, 0.29) is 5.91 Å². The number of carbonyl (C=O) groups is 1. The first-order chi connectivity index (χ1) is 11.3. The molecule has 0 N–H and O–H groups in total. The molecule has 2 heteroatoms. The molecule has 0 aliphatic heterocycles. The molecule has 0 saturated carbocycles. The van der Waals surface area contributed by atoms with Gasteiger partial charge in [0.05, 0.1) is 5.52 Å². The second-order valence-corrected chi connectivity index (χ2v) is 5.46. The fourth-order valence-corrected chi connectivity index (χ4v) is 2.93. The van der Waals surface area contributed by atoms with Crippen LogP contribution in [-0.4, -0.2) is 10.5 Å². The summed E-state index contributed by atoms with van der Waals surface area (Å²) >= 11 is 0. The van der Waals surface area contributed by atoms with E-state index in [1.807, 2.05) is 72.9 Å². The molecular formula is C21H15NO. The summed E-state index contributed by atoms with van der Waals surface area (Å²) in [6.07, 6.45) is 1.85. The Kier molecular flexibility index (Phi) is 3.28. The SMILES string of the molecule is O=C(c1ccccc1)n1ccc2c(-c3ccccc3)cccc21. The van der Waals surface area contributed by atoms with Gasteiger partial charge in [0, 0.05) is 17.1 Å². The van der Waals surface area contributed by atoms with Crippen molar-refractivity contribution in [1.82, 2.24) is 4.57 Å². The van der Waals surface area contributed by atoms with E-state index < -0.39 is 0 Å². The molecule has 2 nitrogen and oxygen atoms in total. The van der Waals surface area contributed by atoms with E-state index in [2.05, 4.69) is 18.2 Å². The summed E-state index contributed by atoms with van der Waals surface area (Å²) in [6.45, 7) is 0. The third kappa shape index (κ3) is 2.34. The van der Waals surface area contributed by atoms with E-state index in [0.29, 0.717) is 5.56 Å². The minimum absolute atomic E-state index is 0.00851. The number of fused-ring (bicyclic) bond motifs is 1. The van der Waals surface area contributed by atoms with E-state index >= 15 is 0 Å². The molecule has 110 valence electrons. The lowest BCUT2D eigenvalue weighted by atomic mass is 10.0. The van der Waals surface area contributed by atoms with Crippen LogP contribution in [0.15, 0.2) is 91.1 Å². The molecule has 0 radical (unpaired) electrons. The molecule has 0 aliphatic rings. The highest BCUT2D eigenvalue weighted by Gasteiger charge is 2.13. The Hall–Kier alpha value is -3.13. The predicted molar refractivity (Wildman–Crippen MR) is 93.5 cm³/mol. The zero-order valence-corrected chi connectivity index (χ0v) is 12.5. The topological polar surface area (TPSA) is 22.0 Å². The summed E-state index contributed by atoms with van der Waals surface area (Å²) in [5, 5.41) is 1.09. The molecule has 0 atom stereocenters. The maximum Gasteiger partial charge on any atom is 0.262 e. The van der Waals surface area contributed by atoms with Crippen LogP contribution < -0.4 is 0 Å². The van der Waals surface area contributed by atoms with Crippen LogP contribution in [0.4, 0.5) is 0 Å². The molecule has 1 heterocycles. The number of carbonyl (C=O) groups excluding carboxylic acids is 1. The number of hydrogen-bond donors (Lipinski definition) is 0. The van der Waals surface area contributed by atoms with Gasteiger partial charge in [-0.25, -0.2) is 0 Å². The molecule has 0 unspecified atom stereocenters. The Morgan fingerprint density at radius 1 is 0.696 bits per heavy atom. The Morgan fingerprint density at radius 3 is 2.13 bits per heavy atom. The smallest absolute Gasteiger partial charge is 0.262 e. The van der Waals surface area contributed by atoms with Crippen LogP contribution >= 0.6 is 0 Å². The first-order valence-electron chi connectivity index (χ1n) is 7.60. The van der Waals surface area contributed by atoms with Gasteiger partial charge in [0.15, 0.2) is 0 Å². The van der Waals surface area contributed by atoms with Crippen LogP contribution in [0, 0.1) is 0 Å². The van der Waals surface area contributed by atoms with Crippen molar-refractivity contribution in [3.05, 3.63) is 96.7 Å². The predicted octanol–water partition coefficient (Wildman–Crippen LogP) is 5.00. The summed E-state index contributed by atoms with van der Waals surface area (Å²) in [5.41, 5.74) is 3.92. The minimum Gasteiger partial charge on any atom is -0.283 e. The molecule has 0 bridgehead atoms. The Morgan fingerprint density at radius 2 is 1.39 bits per heavy atom. The van der Waals surface area contributed by atoms with Gasteiger partial charge >= 0.3 is 0 Å². The van der Waals surface area contributed by atoms with Crippen molar-refractivity contribution in [3.63, 3.8) is 0 Å². The molecule has 23 heavy (non-hydrogen) atoms. The molecule has 0 amide bonds. The standard InChI is InChI=1S/C21H15NO/c23-21(17-10-5-2-6-11-17)22-15-14-19-18(12-7-13-20(19)22)16-8-3-1-4-9-16/h1-15H. The average molecular weight is 297 g/mol. The first kappa shape index (κ1) is 13.5. The summed E-state index contributed by atoms with van der Waals surface area (Å²) in [7, 11) is 0. The number of rotatable bonds is 2. The second-order valence-electron chi connectivity index (χ2n) is 5.46. The van der Waals surface area contributed by atoms with Crippen molar-refractivity contribution in [2.75, 3.05) is 0 Å². The minimum atomic E-state index is -0.00851. The van der Waals surface area contributed by atoms with Crippen molar-refractivity contribution >= 4 is 16.8 Å². The normalized spacial score (nSPS) is 10.8. The van der Waals surface area contributed by atoms with Crippen LogP contribution in [-0.2, 0) is 0 Å². The molecule has 3 aromatic carbocycles. The number of nitrogens with zero attached hydrogens (tertiary/aromatic N) is 1. The number of aromatic nitrogens is 1. The summed E-state index contributed by atoms with van der Waals surface area (Å²) < 4.78 is 1.72. The lowest BCUT2D eigenvalue weighted by Crippen LogP contribution is -2.10. The van der Waals surface area contributed by atoms with Crippen molar-refractivity contribution in [2.24, 2.45) is 0 Å². The molecule has 0 saturated heterocycles. The summed E-state index contributed by atoms with van der Waals surface area (Å²) in [4.78, 5) is 12.7. The lowest BCUT2D eigenvalue weighted by molar-refractivity contribution is 0.0965.